The number of hydrogen-bond acceptors (Lipinski definition) is 4. The van der Waals surface area contributed by atoms with Crippen LogP contribution in [-0.4, -0.2) is 30.6 Å². The molecule has 0 saturated carbocycles. The molecule has 1 N–H and O–H groups in total. The Hall–Kier alpha value is -2.38. The zero-order valence-corrected chi connectivity index (χ0v) is 17.4. The van der Waals surface area contributed by atoms with Gasteiger partial charge in [0.05, 0.1) is 15.6 Å². The molecule has 28 heavy (non-hydrogen) atoms. The van der Waals surface area contributed by atoms with Crippen LogP contribution in [0.3, 0.4) is 0 Å². The van der Waals surface area contributed by atoms with Crippen molar-refractivity contribution < 1.29 is 18.0 Å². The number of hydrogen-bond donors (Lipinski definition) is 1. The Morgan fingerprint density at radius 1 is 1.11 bits per heavy atom. The first kappa shape index (κ1) is 20.4. The lowest BCUT2D eigenvalue weighted by molar-refractivity contribution is -0.128. The molecule has 0 bridgehead atoms. The topological polar surface area (TPSA) is 83.6 Å². The lowest BCUT2D eigenvalue weighted by atomic mass is 10.1. The van der Waals surface area contributed by atoms with Crippen LogP contribution in [0.5, 0.6) is 0 Å². The first-order chi connectivity index (χ1) is 13.1. The molecule has 0 radical (unpaired) electrons. The number of sulfonamides is 1. The molecule has 1 aliphatic heterocycles. The molecule has 8 heteroatoms. The molecule has 2 amide bonds. The molecule has 3 rings (SSSR count). The summed E-state index contributed by atoms with van der Waals surface area (Å²) in [5, 5.41) is 2.99. The molecule has 1 fully saturated rings. The number of benzene rings is 2. The van der Waals surface area contributed by atoms with Gasteiger partial charge in [0.2, 0.25) is 11.8 Å². The highest BCUT2D eigenvalue weighted by Gasteiger charge is 2.44. The fourth-order valence-electron chi connectivity index (χ4n) is 3.13. The van der Waals surface area contributed by atoms with Crippen LogP contribution in [0.1, 0.15) is 29.5 Å². The maximum Gasteiger partial charge on any atom is 0.267 e. The Balaban J connectivity index is 1.92. The third-order valence-corrected chi connectivity index (χ3v) is 7.02. The van der Waals surface area contributed by atoms with Gasteiger partial charge >= 0.3 is 0 Å². The van der Waals surface area contributed by atoms with Crippen molar-refractivity contribution in [3.8, 4) is 0 Å². The van der Waals surface area contributed by atoms with Crippen LogP contribution in [0.15, 0.2) is 41.3 Å². The second-order valence-electron chi connectivity index (χ2n) is 6.97. The number of nitrogens with zero attached hydrogens (tertiary/aromatic N) is 1. The highest BCUT2D eigenvalue weighted by Crippen LogP contribution is 2.30. The van der Waals surface area contributed by atoms with E-state index in [1.807, 2.05) is 13.8 Å². The van der Waals surface area contributed by atoms with Crippen LogP contribution >= 0.6 is 11.6 Å². The standard InChI is InChI=1S/C20H21ClN2O4S/c1-12-4-7-17(16(21)10-12)22-20(25)18-8-9-19(24)23(18)28(26,27)15-6-5-13(2)14(3)11-15/h4-7,10-11,18H,8-9H2,1-3H3,(H,22,25)/t18-/m0/s1. The van der Waals surface area contributed by atoms with Crippen molar-refractivity contribution in [2.24, 2.45) is 0 Å². The van der Waals surface area contributed by atoms with Gasteiger partial charge in [-0.3, -0.25) is 9.59 Å². The molecule has 0 aromatic heterocycles. The van der Waals surface area contributed by atoms with Crippen molar-refractivity contribution >= 4 is 39.1 Å². The molecule has 0 aliphatic carbocycles. The van der Waals surface area contributed by atoms with Crippen molar-refractivity contribution in [2.45, 2.75) is 44.6 Å². The highest BCUT2D eigenvalue weighted by molar-refractivity contribution is 7.89. The number of rotatable bonds is 4. The number of carbonyl (C=O) groups excluding carboxylic acids is 2. The van der Waals surface area contributed by atoms with Gasteiger partial charge in [-0.25, -0.2) is 12.7 Å². The van der Waals surface area contributed by atoms with Crippen molar-refractivity contribution in [1.29, 1.82) is 0 Å². The number of amides is 2. The van der Waals surface area contributed by atoms with Gasteiger partial charge < -0.3 is 5.32 Å². The molecule has 1 saturated heterocycles. The van der Waals surface area contributed by atoms with E-state index in [2.05, 4.69) is 5.32 Å². The van der Waals surface area contributed by atoms with E-state index in [-0.39, 0.29) is 17.7 Å². The van der Waals surface area contributed by atoms with Gasteiger partial charge in [0, 0.05) is 6.42 Å². The van der Waals surface area contributed by atoms with E-state index in [0.29, 0.717) is 15.0 Å². The van der Waals surface area contributed by atoms with Crippen molar-refractivity contribution in [3.05, 3.63) is 58.1 Å². The summed E-state index contributed by atoms with van der Waals surface area (Å²) >= 11 is 6.15. The Bertz CT molecular complexity index is 1070. The van der Waals surface area contributed by atoms with Gasteiger partial charge in [0.1, 0.15) is 6.04 Å². The average Bonchev–Trinajstić information content (AvgIpc) is 3.02. The molecule has 1 aliphatic rings. The van der Waals surface area contributed by atoms with Gasteiger partial charge in [0.15, 0.2) is 0 Å². The minimum Gasteiger partial charge on any atom is -0.323 e. The number of aryl methyl sites for hydroxylation is 3. The first-order valence-electron chi connectivity index (χ1n) is 8.83. The van der Waals surface area contributed by atoms with E-state index in [0.717, 1.165) is 16.7 Å². The van der Waals surface area contributed by atoms with E-state index >= 15 is 0 Å². The second kappa shape index (κ2) is 7.56. The average molecular weight is 421 g/mol. The van der Waals surface area contributed by atoms with Crippen LogP contribution in [0.4, 0.5) is 5.69 Å². The quantitative estimate of drug-likeness (QED) is 0.819. The summed E-state index contributed by atoms with van der Waals surface area (Å²) in [5.41, 5.74) is 3.04. The number of anilines is 1. The van der Waals surface area contributed by atoms with E-state index in [9.17, 15) is 18.0 Å². The Morgan fingerprint density at radius 3 is 2.46 bits per heavy atom. The largest absolute Gasteiger partial charge is 0.323 e. The monoisotopic (exact) mass is 420 g/mol. The molecule has 6 nitrogen and oxygen atoms in total. The second-order valence-corrected chi connectivity index (χ2v) is 9.19. The lowest BCUT2D eigenvalue weighted by Gasteiger charge is -2.24. The van der Waals surface area contributed by atoms with Crippen LogP contribution in [0.25, 0.3) is 0 Å². The summed E-state index contributed by atoms with van der Waals surface area (Å²) in [7, 11) is -4.14. The number of nitrogens with one attached hydrogen (secondary N) is 1. The zero-order valence-electron chi connectivity index (χ0n) is 15.8. The molecule has 1 heterocycles. The maximum absolute atomic E-state index is 13.1. The van der Waals surface area contributed by atoms with Crippen LogP contribution in [-0.2, 0) is 19.6 Å². The molecule has 2 aromatic carbocycles. The number of carbonyl (C=O) groups is 2. The smallest absolute Gasteiger partial charge is 0.267 e. The van der Waals surface area contributed by atoms with Crippen molar-refractivity contribution in [1.82, 2.24) is 4.31 Å². The molecule has 0 unspecified atom stereocenters. The molecular formula is C20H21ClN2O4S. The zero-order chi connectivity index (χ0) is 20.6. The maximum atomic E-state index is 13.1. The molecule has 2 aromatic rings. The molecule has 1 atom stereocenters. The molecule has 148 valence electrons. The summed E-state index contributed by atoms with van der Waals surface area (Å²) in [6.07, 6.45) is 0.113. The Morgan fingerprint density at radius 2 is 1.82 bits per heavy atom. The van der Waals surface area contributed by atoms with Gasteiger partial charge in [-0.15, -0.1) is 0 Å². The summed E-state index contributed by atoms with van der Waals surface area (Å²) < 4.78 is 26.9. The van der Waals surface area contributed by atoms with E-state index in [1.54, 1.807) is 31.2 Å². The van der Waals surface area contributed by atoms with Crippen LogP contribution in [0, 0.1) is 20.8 Å². The predicted molar refractivity (Wildman–Crippen MR) is 108 cm³/mol. The molecular weight excluding hydrogens is 400 g/mol. The van der Waals surface area contributed by atoms with Gasteiger partial charge in [-0.05, 0) is 68.1 Å². The summed E-state index contributed by atoms with van der Waals surface area (Å²) in [4.78, 5) is 25.1. The van der Waals surface area contributed by atoms with Gasteiger partial charge in [-0.2, -0.15) is 0 Å². The van der Waals surface area contributed by atoms with Gasteiger partial charge in [0.25, 0.3) is 10.0 Å². The minimum absolute atomic E-state index is 0.00276. The first-order valence-corrected chi connectivity index (χ1v) is 10.6. The Labute approximate surface area is 169 Å². The van der Waals surface area contributed by atoms with E-state index in [4.69, 9.17) is 11.6 Å². The lowest BCUT2D eigenvalue weighted by Crippen LogP contribution is -2.45. The van der Waals surface area contributed by atoms with E-state index in [1.165, 1.54) is 12.1 Å². The highest BCUT2D eigenvalue weighted by atomic mass is 35.5. The van der Waals surface area contributed by atoms with Crippen LogP contribution < -0.4 is 5.32 Å². The van der Waals surface area contributed by atoms with Crippen molar-refractivity contribution in [3.63, 3.8) is 0 Å². The van der Waals surface area contributed by atoms with Crippen LogP contribution in [0.2, 0.25) is 5.02 Å². The normalized spacial score (nSPS) is 17.1. The summed E-state index contributed by atoms with van der Waals surface area (Å²) in [5.74, 6) is -1.17. The summed E-state index contributed by atoms with van der Waals surface area (Å²) in [6, 6.07) is 8.66. The van der Waals surface area contributed by atoms with E-state index < -0.39 is 27.9 Å². The minimum atomic E-state index is -4.14. The predicted octanol–water partition coefficient (Wildman–Crippen LogP) is 3.58. The third-order valence-electron chi connectivity index (χ3n) is 4.88. The van der Waals surface area contributed by atoms with Crippen molar-refractivity contribution in [2.75, 3.05) is 5.32 Å². The number of halogens is 1. The fourth-order valence-corrected chi connectivity index (χ4v) is 5.10. The Kier molecular flexibility index (Phi) is 5.50. The molecule has 0 spiro atoms. The third kappa shape index (κ3) is 3.77. The fraction of sp³-hybridized carbons (Fsp3) is 0.300. The SMILES string of the molecule is Cc1ccc(NC(=O)[C@@H]2CCC(=O)N2S(=O)(=O)c2ccc(C)c(C)c2)c(Cl)c1. The summed E-state index contributed by atoms with van der Waals surface area (Å²) in [6.45, 7) is 5.53. The van der Waals surface area contributed by atoms with Gasteiger partial charge in [-0.1, -0.05) is 23.7 Å².